The molecule has 2 unspecified atom stereocenters. The first-order valence-electron chi connectivity index (χ1n) is 7.07. The van der Waals surface area contributed by atoms with Crippen molar-refractivity contribution in [1.82, 2.24) is 10.2 Å². The lowest BCUT2D eigenvalue weighted by Crippen LogP contribution is -2.56. The first-order valence-corrected chi connectivity index (χ1v) is 7.07. The van der Waals surface area contributed by atoms with E-state index in [9.17, 15) is 8.78 Å². The van der Waals surface area contributed by atoms with Gasteiger partial charge in [-0.25, -0.2) is 8.78 Å². The van der Waals surface area contributed by atoms with E-state index in [0.29, 0.717) is 17.5 Å². The Balaban J connectivity index is 1.71. The van der Waals surface area contributed by atoms with Crippen molar-refractivity contribution < 1.29 is 8.78 Å². The van der Waals surface area contributed by atoms with Gasteiger partial charge in [-0.15, -0.1) is 0 Å². The maximum Gasteiger partial charge on any atom is 0.128 e. The predicted molar refractivity (Wildman–Crippen MR) is 70.9 cm³/mol. The molecule has 0 saturated carbocycles. The molecular formula is C15H20F2N2. The summed E-state index contributed by atoms with van der Waals surface area (Å²) in [7, 11) is 0. The smallest absolute Gasteiger partial charge is 0.128 e. The van der Waals surface area contributed by atoms with Crippen LogP contribution in [0.3, 0.4) is 0 Å². The van der Waals surface area contributed by atoms with Crippen molar-refractivity contribution in [3.63, 3.8) is 0 Å². The molecule has 1 aromatic carbocycles. The molecule has 2 atom stereocenters. The fourth-order valence-corrected chi connectivity index (χ4v) is 3.41. The summed E-state index contributed by atoms with van der Waals surface area (Å²) in [5.41, 5.74) is 0.427. The van der Waals surface area contributed by atoms with Crippen molar-refractivity contribution >= 4 is 0 Å². The Morgan fingerprint density at radius 2 is 2.00 bits per heavy atom. The molecule has 0 radical (unpaired) electrons. The highest BCUT2D eigenvalue weighted by molar-refractivity contribution is 5.22. The molecule has 0 aromatic heterocycles. The van der Waals surface area contributed by atoms with Gasteiger partial charge >= 0.3 is 0 Å². The van der Waals surface area contributed by atoms with Gasteiger partial charge in [0.1, 0.15) is 11.6 Å². The van der Waals surface area contributed by atoms with Crippen LogP contribution in [0.5, 0.6) is 0 Å². The number of fused-ring (bicyclic) bond motifs is 3. The van der Waals surface area contributed by atoms with Gasteiger partial charge < -0.3 is 10.2 Å². The van der Waals surface area contributed by atoms with Crippen LogP contribution in [0.15, 0.2) is 18.2 Å². The average Bonchev–Trinajstić information content (AvgIpc) is 2.43. The molecule has 4 rings (SSSR count). The lowest BCUT2D eigenvalue weighted by atomic mass is 9.83. The molecule has 3 heterocycles. The number of nitrogens with zero attached hydrogens (tertiary/aromatic N) is 1. The van der Waals surface area contributed by atoms with Crippen LogP contribution in [0.4, 0.5) is 8.78 Å². The fourth-order valence-electron chi connectivity index (χ4n) is 3.41. The van der Waals surface area contributed by atoms with Gasteiger partial charge in [-0.1, -0.05) is 0 Å². The van der Waals surface area contributed by atoms with Gasteiger partial charge in [-0.3, -0.25) is 0 Å². The second-order valence-corrected chi connectivity index (χ2v) is 5.80. The Bertz CT molecular complexity index is 455. The largest absolute Gasteiger partial charge is 0.306 e. The number of benzene rings is 1. The Hall–Kier alpha value is -1.00. The van der Waals surface area contributed by atoms with E-state index >= 15 is 0 Å². The minimum absolute atomic E-state index is 0.152. The molecule has 0 amide bonds. The Labute approximate surface area is 112 Å². The van der Waals surface area contributed by atoms with Gasteiger partial charge in [0.2, 0.25) is 0 Å². The molecular weight excluding hydrogens is 246 g/mol. The Kier molecular flexibility index (Phi) is 3.54. The van der Waals surface area contributed by atoms with E-state index in [1.807, 2.05) is 6.92 Å². The predicted octanol–water partition coefficient (Wildman–Crippen LogP) is 2.71. The van der Waals surface area contributed by atoms with Gasteiger partial charge in [-0.2, -0.15) is 0 Å². The molecule has 1 N–H and O–H groups in total. The van der Waals surface area contributed by atoms with Gasteiger partial charge in [0.15, 0.2) is 0 Å². The monoisotopic (exact) mass is 266 g/mol. The molecule has 0 spiro atoms. The normalized spacial score (nSPS) is 31.4. The summed E-state index contributed by atoms with van der Waals surface area (Å²) < 4.78 is 27.0. The lowest BCUT2D eigenvalue weighted by Gasteiger charge is -2.46. The maximum atomic E-state index is 13.7. The van der Waals surface area contributed by atoms with Crippen molar-refractivity contribution in [2.24, 2.45) is 5.92 Å². The summed E-state index contributed by atoms with van der Waals surface area (Å²) in [5.74, 6) is -0.0225. The number of rotatable bonds is 3. The standard InChI is InChI=1S/C15H20F2N2/c1-10(13-8-12(16)2-3-14(13)17)18-15-9-19-6-4-11(15)5-7-19/h2-3,8,10-11,15,18H,4-7,9H2,1H3. The zero-order chi connectivity index (χ0) is 13.4. The van der Waals surface area contributed by atoms with Gasteiger partial charge in [0.25, 0.3) is 0 Å². The van der Waals surface area contributed by atoms with E-state index in [1.165, 1.54) is 44.1 Å². The number of hydrogen-bond acceptors (Lipinski definition) is 2. The van der Waals surface area contributed by atoms with E-state index in [1.54, 1.807) is 0 Å². The summed E-state index contributed by atoms with van der Waals surface area (Å²) in [6, 6.07) is 3.93. The molecule has 1 aromatic rings. The maximum absolute atomic E-state index is 13.7. The molecule has 0 aliphatic carbocycles. The molecule has 3 aliphatic rings. The molecule has 19 heavy (non-hydrogen) atoms. The molecule has 4 heteroatoms. The summed E-state index contributed by atoms with van der Waals surface area (Å²) >= 11 is 0. The van der Waals surface area contributed by atoms with Crippen LogP contribution in [0.25, 0.3) is 0 Å². The number of hydrogen-bond donors (Lipinski definition) is 1. The Morgan fingerprint density at radius 3 is 2.63 bits per heavy atom. The summed E-state index contributed by atoms with van der Waals surface area (Å²) in [5, 5.41) is 3.49. The van der Waals surface area contributed by atoms with E-state index in [2.05, 4.69) is 10.2 Å². The minimum Gasteiger partial charge on any atom is -0.306 e. The minimum atomic E-state index is -0.376. The highest BCUT2D eigenvalue weighted by Crippen LogP contribution is 2.29. The Morgan fingerprint density at radius 1 is 1.26 bits per heavy atom. The highest BCUT2D eigenvalue weighted by atomic mass is 19.1. The SMILES string of the molecule is CC(NC1CN2CCC1CC2)c1cc(F)ccc1F. The second kappa shape index (κ2) is 5.17. The van der Waals surface area contributed by atoms with Crippen LogP contribution in [0.1, 0.15) is 31.4 Å². The third-order valence-corrected chi connectivity index (χ3v) is 4.54. The van der Waals surface area contributed by atoms with Crippen LogP contribution in [0.2, 0.25) is 0 Å². The van der Waals surface area contributed by atoms with Crippen molar-refractivity contribution in [1.29, 1.82) is 0 Å². The van der Waals surface area contributed by atoms with Gasteiger partial charge in [-0.05, 0) is 57.0 Å². The van der Waals surface area contributed by atoms with Crippen LogP contribution in [-0.2, 0) is 0 Å². The molecule has 104 valence electrons. The highest BCUT2D eigenvalue weighted by Gasteiger charge is 2.34. The second-order valence-electron chi connectivity index (χ2n) is 5.80. The molecule has 2 nitrogen and oxygen atoms in total. The summed E-state index contributed by atoms with van der Waals surface area (Å²) in [4.78, 5) is 2.45. The van der Waals surface area contributed by atoms with Gasteiger partial charge in [0.05, 0.1) is 0 Å². The van der Waals surface area contributed by atoms with E-state index in [4.69, 9.17) is 0 Å². The fraction of sp³-hybridized carbons (Fsp3) is 0.600. The quantitative estimate of drug-likeness (QED) is 0.905. The first kappa shape index (κ1) is 13.0. The van der Waals surface area contributed by atoms with Gasteiger partial charge in [0, 0.05) is 24.2 Å². The van der Waals surface area contributed by atoms with E-state index in [0.717, 1.165) is 6.54 Å². The zero-order valence-electron chi connectivity index (χ0n) is 11.2. The van der Waals surface area contributed by atoms with Crippen molar-refractivity contribution in [2.45, 2.75) is 31.8 Å². The number of halogens is 2. The zero-order valence-corrected chi connectivity index (χ0v) is 11.2. The summed E-state index contributed by atoms with van der Waals surface area (Å²) in [6.45, 7) is 5.32. The lowest BCUT2D eigenvalue weighted by molar-refractivity contribution is 0.0678. The van der Waals surface area contributed by atoms with Crippen LogP contribution >= 0.6 is 0 Å². The molecule has 3 fully saturated rings. The molecule has 2 bridgehead atoms. The van der Waals surface area contributed by atoms with Crippen LogP contribution in [0, 0.1) is 17.6 Å². The number of piperidine rings is 3. The number of nitrogens with one attached hydrogen (secondary N) is 1. The van der Waals surface area contributed by atoms with Crippen LogP contribution < -0.4 is 5.32 Å². The van der Waals surface area contributed by atoms with Crippen molar-refractivity contribution in [2.75, 3.05) is 19.6 Å². The molecule has 3 saturated heterocycles. The van der Waals surface area contributed by atoms with Crippen molar-refractivity contribution in [3.05, 3.63) is 35.4 Å². The van der Waals surface area contributed by atoms with Crippen molar-refractivity contribution in [3.8, 4) is 0 Å². The third-order valence-electron chi connectivity index (χ3n) is 4.54. The first-order chi connectivity index (χ1) is 9.13. The molecule has 3 aliphatic heterocycles. The van der Waals surface area contributed by atoms with Crippen LogP contribution in [-0.4, -0.2) is 30.6 Å². The van der Waals surface area contributed by atoms with E-state index < -0.39 is 0 Å². The average molecular weight is 266 g/mol. The van der Waals surface area contributed by atoms with E-state index in [-0.39, 0.29) is 17.7 Å². The topological polar surface area (TPSA) is 15.3 Å². The third kappa shape index (κ3) is 2.65. The summed E-state index contributed by atoms with van der Waals surface area (Å²) in [6.07, 6.45) is 2.44.